The molecule has 0 aromatic carbocycles. The van der Waals surface area contributed by atoms with E-state index >= 15 is 0 Å². The third kappa shape index (κ3) is 2.49. The van der Waals surface area contributed by atoms with E-state index in [0.29, 0.717) is 0 Å². The molecule has 3 rings (SSSR count). The van der Waals surface area contributed by atoms with Crippen molar-refractivity contribution in [2.24, 2.45) is 5.92 Å². The van der Waals surface area contributed by atoms with Gasteiger partial charge in [-0.2, -0.15) is 0 Å². The van der Waals surface area contributed by atoms with Gasteiger partial charge in [-0.25, -0.2) is 0 Å². The molecule has 5 heteroatoms. The predicted octanol–water partition coefficient (Wildman–Crippen LogP) is 3.35. The van der Waals surface area contributed by atoms with Gasteiger partial charge in [0.05, 0.1) is 0 Å². The molecule has 0 spiro atoms. The van der Waals surface area contributed by atoms with Gasteiger partial charge in [-0.1, -0.05) is 28.9 Å². The Morgan fingerprint density at radius 2 is 2.06 bits per heavy atom. The predicted molar refractivity (Wildman–Crippen MR) is 70.3 cm³/mol. The molecule has 1 aliphatic carbocycles. The molecule has 0 bridgehead atoms. The van der Waals surface area contributed by atoms with Crippen LogP contribution in [0.1, 0.15) is 44.2 Å². The summed E-state index contributed by atoms with van der Waals surface area (Å²) in [5.74, 6) is 0.919. The summed E-state index contributed by atoms with van der Waals surface area (Å²) in [6.45, 7) is 2.10. The molecule has 3 nitrogen and oxygen atoms in total. The Kier molecular flexibility index (Phi) is 3.64. The quantitative estimate of drug-likeness (QED) is 0.826. The maximum absolute atomic E-state index is 6.10. The smallest absolute Gasteiger partial charge is 0.138 e. The van der Waals surface area contributed by atoms with E-state index in [9.17, 15) is 0 Å². The molecule has 1 aliphatic heterocycles. The molecule has 1 saturated heterocycles. The number of halogens is 1. The van der Waals surface area contributed by atoms with Crippen molar-refractivity contribution in [2.45, 2.75) is 51.1 Å². The van der Waals surface area contributed by atoms with Crippen LogP contribution >= 0.6 is 23.1 Å². The number of hydrogen-bond acceptors (Lipinski definition) is 4. The van der Waals surface area contributed by atoms with Crippen molar-refractivity contribution in [3.63, 3.8) is 0 Å². The molecule has 94 valence electrons. The standard InChI is InChI=1S/C12H18ClN3S/c13-12-10(14-15-17-12)8-16-7-3-5-9-4-1-2-6-11(9)16/h9,11H,1-8H2/t9-,11+/m1/s1. The number of likely N-dealkylation sites (tertiary alicyclic amines) is 1. The molecule has 0 unspecified atom stereocenters. The molecule has 2 heterocycles. The second-order valence-electron chi connectivity index (χ2n) is 5.22. The number of nitrogens with zero attached hydrogens (tertiary/aromatic N) is 3. The van der Waals surface area contributed by atoms with Crippen molar-refractivity contribution >= 4 is 23.1 Å². The van der Waals surface area contributed by atoms with E-state index in [2.05, 4.69) is 14.5 Å². The number of rotatable bonds is 2. The van der Waals surface area contributed by atoms with Gasteiger partial charge in [0, 0.05) is 24.1 Å². The Bertz CT molecular complexity index is 380. The van der Waals surface area contributed by atoms with Crippen LogP contribution < -0.4 is 0 Å². The zero-order valence-corrected chi connectivity index (χ0v) is 11.5. The summed E-state index contributed by atoms with van der Waals surface area (Å²) in [6.07, 6.45) is 8.35. The highest BCUT2D eigenvalue weighted by Crippen LogP contribution is 2.36. The molecule has 0 radical (unpaired) electrons. The first-order chi connectivity index (χ1) is 8.34. The maximum atomic E-state index is 6.10. The van der Waals surface area contributed by atoms with Gasteiger partial charge in [0.2, 0.25) is 0 Å². The molecule has 17 heavy (non-hydrogen) atoms. The number of hydrogen-bond donors (Lipinski definition) is 0. The lowest BCUT2D eigenvalue weighted by Crippen LogP contribution is -2.46. The van der Waals surface area contributed by atoms with Crippen LogP contribution in [0, 0.1) is 5.92 Å². The summed E-state index contributed by atoms with van der Waals surface area (Å²) < 4.78 is 4.69. The lowest BCUT2D eigenvalue weighted by Gasteiger charge is -2.43. The molecular weight excluding hydrogens is 254 g/mol. The summed E-state index contributed by atoms with van der Waals surface area (Å²) in [7, 11) is 0. The van der Waals surface area contributed by atoms with Crippen molar-refractivity contribution in [1.82, 2.24) is 14.5 Å². The third-order valence-corrected chi connectivity index (χ3v) is 5.20. The normalized spacial score (nSPS) is 30.2. The minimum atomic E-state index is 0.767. The van der Waals surface area contributed by atoms with Crippen LogP contribution in [-0.4, -0.2) is 27.1 Å². The highest BCUT2D eigenvalue weighted by molar-refractivity contribution is 7.10. The lowest BCUT2D eigenvalue weighted by molar-refractivity contribution is 0.0537. The Hall–Kier alpha value is -0.190. The Morgan fingerprint density at radius 1 is 1.24 bits per heavy atom. The van der Waals surface area contributed by atoms with Gasteiger partial charge in [-0.15, -0.1) is 5.10 Å². The molecule has 0 N–H and O–H groups in total. The van der Waals surface area contributed by atoms with Crippen molar-refractivity contribution in [3.05, 3.63) is 10.0 Å². The van der Waals surface area contributed by atoms with Gasteiger partial charge in [0.15, 0.2) is 0 Å². The van der Waals surface area contributed by atoms with E-state index in [1.54, 1.807) is 0 Å². The first-order valence-corrected chi connectivity index (χ1v) is 7.70. The van der Waals surface area contributed by atoms with E-state index in [0.717, 1.165) is 28.5 Å². The van der Waals surface area contributed by atoms with Crippen molar-refractivity contribution in [2.75, 3.05) is 6.54 Å². The van der Waals surface area contributed by atoms with Crippen molar-refractivity contribution < 1.29 is 0 Å². The summed E-state index contributed by atoms with van der Waals surface area (Å²) in [5.41, 5.74) is 0.975. The molecule has 0 amide bonds. The van der Waals surface area contributed by atoms with Gasteiger partial charge in [0.1, 0.15) is 10.0 Å². The van der Waals surface area contributed by atoms with Crippen LogP contribution in [0.3, 0.4) is 0 Å². The van der Waals surface area contributed by atoms with Crippen LogP contribution in [0.5, 0.6) is 0 Å². The fourth-order valence-corrected chi connectivity index (χ4v) is 4.02. The highest BCUT2D eigenvalue weighted by atomic mass is 35.5. The van der Waals surface area contributed by atoms with Crippen LogP contribution in [0.15, 0.2) is 0 Å². The van der Waals surface area contributed by atoms with E-state index in [1.807, 2.05) is 0 Å². The second kappa shape index (κ2) is 5.21. The summed E-state index contributed by atoms with van der Waals surface area (Å²) in [4.78, 5) is 2.59. The van der Waals surface area contributed by atoms with Crippen LogP contribution in [0.2, 0.25) is 4.34 Å². The van der Waals surface area contributed by atoms with E-state index in [1.165, 1.54) is 56.6 Å². The molecule has 1 saturated carbocycles. The Balaban J connectivity index is 1.71. The summed E-state index contributed by atoms with van der Waals surface area (Å²) in [5, 5.41) is 4.14. The average molecular weight is 272 g/mol. The van der Waals surface area contributed by atoms with E-state index in [4.69, 9.17) is 11.6 Å². The van der Waals surface area contributed by atoms with Gasteiger partial charge in [0.25, 0.3) is 0 Å². The molecule has 1 aromatic heterocycles. The van der Waals surface area contributed by atoms with Crippen LogP contribution in [0.4, 0.5) is 0 Å². The van der Waals surface area contributed by atoms with E-state index < -0.39 is 0 Å². The summed E-state index contributed by atoms with van der Waals surface area (Å²) in [6, 6.07) is 0.773. The van der Waals surface area contributed by atoms with Crippen molar-refractivity contribution in [1.29, 1.82) is 0 Å². The molecular formula is C12H18ClN3S. The molecule has 2 fully saturated rings. The van der Waals surface area contributed by atoms with Gasteiger partial charge < -0.3 is 0 Å². The largest absolute Gasteiger partial charge is 0.294 e. The fourth-order valence-electron chi connectivity index (χ4n) is 3.41. The SMILES string of the molecule is Clc1snnc1CN1CCC[C@H]2CCCC[C@@H]21. The van der Waals surface area contributed by atoms with Crippen LogP contribution in [-0.2, 0) is 6.54 Å². The number of aromatic nitrogens is 2. The van der Waals surface area contributed by atoms with E-state index in [-0.39, 0.29) is 0 Å². The van der Waals surface area contributed by atoms with Crippen molar-refractivity contribution in [3.8, 4) is 0 Å². The minimum absolute atomic E-state index is 0.767. The number of piperidine rings is 1. The van der Waals surface area contributed by atoms with Gasteiger partial charge in [-0.3, -0.25) is 4.90 Å². The zero-order chi connectivity index (χ0) is 11.7. The minimum Gasteiger partial charge on any atom is -0.294 e. The average Bonchev–Trinajstić information content (AvgIpc) is 2.76. The second-order valence-corrected chi connectivity index (χ2v) is 6.57. The Labute approximate surface area is 111 Å². The molecule has 2 aliphatic rings. The first-order valence-electron chi connectivity index (χ1n) is 6.55. The Morgan fingerprint density at radius 3 is 2.88 bits per heavy atom. The van der Waals surface area contributed by atoms with Gasteiger partial charge >= 0.3 is 0 Å². The zero-order valence-electron chi connectivity index (χ0n) is 9.94. The summed E-state index contributed by atoms with van der Waals surface area (Å²) >= 11 is 7.40. The van der Waals surface area contributed by atoms with Gasteiger partial charge in [-0.05, 0) is 38.1 Å². The maximum Gasteiger partial charge on any atom is 0.138 e. The van der Waals surface area contributed by atoms with Crippen LogP contribution in [0.25, 0.3) is 0 Å². The molecule has 1 aromatic rings. The first kappa shape index (κ1) is 11.9. The fraction of sp³-hybridized carbons (Fsp3) is 0.833. The highest BCUT2D eigenvalue weighted by Gasteiger charge is 2.33. The lowest BCUT2D eigenvalue weighted by atomic mass is 9.78. The number of fused-ring (bicyclic) bond motifs is 1. The third-order valence-electron chi connectivity index (χ3n) is 4.22. The molecule has 2 atom stereocenters. The monoisotopic (exact) mass is 271 g/mol. The topological polar surface area (TPSA) is 29.0 Å².